The standard InChI is InChI=1S/C13H20N6S/c1-10-7-19(13-15-11(2)16-20-13)5-4-18(10)9-12-6-14-17(3)8-12/h6,8,10H,4-5,7,9H2,1-3H3. The van der Waals surface area contributed by atoms with E-state index in [1.165, 1.54) is 17.1 Å². The van der Waals surface area contributed by atoms with Gasteiger partial charge in [0, 0.05) is 62.6 Å². The summed E-state index contributed by atoms with van der Waals surface area (Å²) in [5.41, 5.74) is 1.28. The molecular formula is C13H20N6S. The Morgan fingerprint density at radius 3 is 2.85 bits per heavy atom. The Bertz CT molecular complexity index is 577. The molecule has 1 saturated heterocycles. The van der Waals surface area contributed by atoms with Crippen LogP contribution in [0.25, 0.3) is 0 Å². The summed E-state index contributed by atoms with van der Waals surface area (Å²) in [5.74, 6) is 0.871. The Kier molecular flexibility index (Phi) is 3.71. The minimum Gasteiger partial charge on any atom is -0.344 e. The van der Waals surface area contributed by atoms with Gasteiger partial charge >= 0.3 is 0 Å². The molecular weight excluding hydrogens is 272 g/mol. The van der Waals surface area contributed by atoms with Crippen molar-refractivity contribution in [2.24, 2.45) is 7.05 Å². The molecule has 0 amide bonds. The largest absolute Gasteiger partial charge is 0.344 e. The molecule has 3 heterocycles. The fourth-order valence-electron chi connectivity index (χ4n) is 2.61. The van der Waals surface area contributed by atoms with Crippen LogP contribution < -0.4 is 4.90 Å². The maximum atomic E-state index is 4.48. The van der Waals surface area contributed by atoms with Gasteiger partial charge in [-0.3, -0.25) is 9.58 Å². The van der Waals surface area contributed by atoms with Gasteiger partial charge in [-0.05, 0) is 13.8 Å². The van der Waals surface area contributed by atoms with Crippen LogP contribution in [-0.4, -0.2) is 49.7 Å². The molecule has 0 spiro atoms. The summed E-state index contributed by atoms with van der Waals surface area (Å²) < 4.78 is 6.13. The van der Waals surface area contributed by atoms with Crippen molar-refractivity contribution in [3.8, 4) is 0 Å². The third-order valence-corrected chi connectivity index (χ3v) is 4.56. The van der Waals surface area contributed by atoms with E-state index >= 15 is 0 Å². The molecule has 1 aliphatic rings. The van der Waals surface area contributed by atoms with Crippen molar-refractivity contribution >= 4 is 16.7 Å². The highest BCUT2D eigenvalue weighted by Crippen LogP contribution is 2.22. The topological polar surface area (TPSA) is 50.1 Å². The quantitative estimate of drug-likeness (QED) is 0.853. The lowest BCUT2D eigenvalue weighted by molar-refractivity contribution is 0.181. The average Bonchev–Trinajstić information content (AvgIpc) is 3.01. The lowest BCUT2D eigenvalue weighted by Gasteiger charge is -2.39. The van der Waals surface area contributed by atoms with Crippen LogP contribution in [-0.2, 0) is 13.6 Å². The second-order valence-corrected chi connectivity index (χ2v) is 6.14. The fourth-order valence-corrected chi connectivity index (χ4v) is 3.32. The molecule has 1 aliphatic heterocycles. The van der Waals surface area contributed by atoms with Crippen LogP contribution in [0.3, 0.4) is 0 Å². The first-order valence-electron chi connectivity index (χ1n) is 6.88. The molecule has 1 atom stereocenters. The van der Waals surface area contributed by atoms with Gasteiger partial charge in [-0.2, -0.15) is 9.47 Å². The molecule has 20 heavy (non-hydrogen) atoms. The normalized spacial score (nSPS) is 20.6. The molecule has 7 heteroatoms. The van der Waals surface area contributed by atoms with Gasteiger partial charge in [0.15, 0.2) is 0 Å². The average molecular weight is 292 g/mol. The number of aromatic nitrogens is 4. The molecule has 2 aromatic heterocycles. The zero-order chi connectivity index (χ0) is 14.1. The van der Waals surface area contributed by atoms with Crippen molar-refractivity contribution in [1.82, 2.24) is 24.0 Å². The fraction of sp³-hybridized carbons (Fsp3) is 0.615. The highest BCUT2D eigenvalue weighted by molar-refractivity contribution is 7.09. The maximum Gasteiger partial charge on any atom is 0.205 e. The van der Waals surface area contributed by atoms with Gasteiger partial charge in [0.05, 0.1) is 6.20 Å². The van der Waals surface area contributed by atoms with E-state index < -0.39 is 0 Å². The van der Waals surface area contributed by atoms with Crippen LogP contribution in [0.1, 0.15) is 18.3 Å². The van der Waals surface area contributed by atoms with Crippen molar-refractivity contribution in [1.29, 1.82) is 0 Å². The number of nitrogens with zero attached hydrogens (tertiary/aromatic N) is 6. The van der Waals surface area contributed by atoms with Crippen LogP contribution in [0.15, 0.2) is 12.4 Å². The summed E-state index contributed by atoms with van der Waals surface area (Å²) in [7, 11) is 1.96. The third kappa shape index (κ3) is 2.83. The number of aryl methyl sites for hydroxylation is 2. The smallest absolute Gasteiger partial charge is 0.205 e. The van der Waals surface area contributed by atoms with E-state index in [1.807, 2.05) is 24.9 Å². The molecule has 3 rings (SSSR count). The Balaban J connectivity index is 1.62. The number of hydrogen-bond acceptors (Lipinski definition) is 6. The first-order valence-corrected chi connectivity index (χ1v) is 7.66. The molecule has 0 aromatic carbocycles. The SMILES string of the molecule is Cc1nsc(N2CCN(Cc3cnn(C)c3)C(C)C2)n1. The summed E-state index contributed by atoms with van der Waals surface area (Å²) in [5, 5.41) is 5.29. The lowest BCUT2D eigenvalue weighted by atomic mass is 10.2. The molecule has 1 unspecified atom stereocenters. The van der Waals surface area contributed by atoms with E-state index in [9.17, 15) is 0 Å². The first-order chi connectivity index (χ1) is 9.61. The number of piperazine rings is 1. The van der Waals surface area contributed by atoms with Crippen molar-refractivity contribution < 1.29 is 0 Å². The van der Waals surface area contributed by atoms with Crippen molar-refractivity contribution in [3.63, 3.8) is 0 Å². The van der Waals surface area contributed by atoms with Gasteiger partial charge in [-0.15, -0.1) is 0 Å². The van der Waals surface area contributed by atoms with E-state index in [0.29, 0.717) is 6.04 Å². The van der Waals surface area contributed by atoms with Crippen molar-refractivity contribution in [2.75, 3.05) is 24.5 Å². The Hall–Kier alpha value is -1.47. The predicted octanol–water partition coefficient (Wildman–Crippen LogP) is 1.29. The maximum absolute atomic E-state index is 4.48. The number of anilines is 1. The molecule has 0 bridgehead atoms. The van der Waals surface area contributed by atoms with Crippen molar-refractivity contribution in [2.45, 2.75) is 26.4 Å². The van der Waals surface area contributed by atoms with Gasteiger partial charge in [0.25, 0.3) is 0 Å². The van der Waals surface area contributed by atoms with E-state index in [-0.39, 0.29) is 0 Å². The third-order valence-electron chi connectivity index (χ3n) is 3.70. The number of hydrogen-bond donors (Lipinski definition) is 0. The highest BCUT2D eigenvalue weighted by atomic mass is 32.1. The van der Waals surface area contributed by atoms with Gasteiger partial charge in [0.2, 0.25) is 5.13 Å². The summed E-state index contributed by atoms with van der Waals surface area (Å²) >= 11 is 1.50. The summed E-state index contributed by atoms with van der Waals surface area (Å²) in [6, 6.07) is 0.508. The molecule has 0 N–H and O–H groups in total. The molecule has 2 aromatic rings. The highest BCUT2D eigenvalue weighted by Gasteiger charge is 2.25. The van der Waals surface area contributed by atoms with Crippen LogP contribution >= 0.6 is 11.5 Å². The summed E-state index contributed by atoms with van der Waals surface area (Å²) in [6.07, 6.45) is 4.04. The lowest BCUT2D eigenvalue weighted by Crippen LogP contribution is -2.51. The zero-order valence-electron chi connectivity index (χ0n) is 12.2. The van der Waals surface area contributed by atoms with E-state index in [2.05, 4.69) is 37.4 Å². The molecule has 0 radical (unpaired) electrons. The Labute approximate surface area is 123 Å². The van der Waals surface area contributed by atoms with Gasteiger partial charge in [0.1, 0.15) is 5.82 Å². The monoisotopic (exact) mass is 292 g/mol. The van der Waals surface area contributed by atoms with Gasteiger partial charge in [-0.25, -0.2) is 4.98 Å². The Morgan fingerprint density at radius 2 is 2.25 bits per heavy atom. The predicted molar refractivity (Wildman–Crippen MR) is 79.9 cm³/mol. The van der Waals surface area contributed by atoms with E-state index in [1.54, 1.807) is 0 Å². The molecule has 0 saturated carbocycles. The second kappa shape index (κ2) is 5.49. The zero-order valence-corrected chi connectivity index (χ0v) is 13.0. The van der Waals surface area contributed by atoms with Crippen LogP contribution in [0.2, 0.25) is 0 Å². The van der Waals surface area contributed by atoms with Gasteiger partial charge in [-0.1, -0.05) is 0 Å². The molecule has 1 fully saturated rings. The minimum absolute atomic E-state index is 0.508. The molecule has 108 valence electrons. The minimum atomic E-state index is 0.508. The Morgan fingerprint density at radius 1 is 1.40 bits per heavy atom. The molecule has 6 nitrogen and oxygen atoms in total. The summed E-state index contributed by atoms with van der Waals surface area (Å²) in [4.78, 5) is 9.33. The van der Waals surface area contributed by atoms with Crippen LogP contribution in [0.4, 0.5) is 5.13 Å². The van der Waals surface area contributed by atoms with E-state index in [4.69, 9.17) is 0 Å². The second-order valence-electron chi connectivity index (χ2n) is 5.41. The van der Waals surface area contributed by atoms with Crippen LogP contribution in [0.5, 0.6) is 0 Å². The van der Waals surface area contributed by atoms with Crippen molar-refractivity contribution in [3.05, 3.63) is 23.8 Å². The first kappa shape index (κ1) is 13.5. The molecule has 0 aliphatic carbocycles. The van der Waals surface area contributed by atoms with Gasteiger partial charge < -0.3 is 4.90 Å². The van der Waals surface area contributed by atoms with Crippen LogP contribution in [0, 0.1) is 6.92 Å². The summed E-state index contributed by atoms with van der Waals surface area (Å²) in [6.45, 7) is 8.26. The van der Waals surface area contributed by atoms with E-state index in [0.717, 1.165) is 37.1 Å². The number of rotatable bonds is 3.